The summed E-state index contributed by atoms with van der Waals surface area (Å²) in [5.41, 5.74) is 4.96. The minimum absolute atomic E-state index is 0.0971. The highest BCUT2D eigenvalue weighted by molar-refractivity contribution is 7.92. The molecule has 3 aromatic rings. The van der Waals surface area contributed by atoms with Crippen molar-refractivity contribution in [1.82, 2.24) is 10.2 Å². The lowest BCUT2D eigenvalue weighted by molar-refractivity contribution is -0.139. The highest BCUT2D eigenvalue weighted by Gasteiger charge is 2.33. The van der Waals surface area contributed by atoms with Gasteiger partial charge in [0.05, 0.1) is 10.6 Å². The van der Waals surface area contributed by atoms with Crippen LogP contribution in [0.5, 0.6) is 0 Å². The Morgan fingerprint density at radius 3 is 2.13 bits per heavy atom. The number of hydrogen-bond acceptors (Lipinski definition) is 4. The van der Waals surface area contributed by atoms with E-state index in [1.807, 2.05) is 71.0 Å². The topological polar surface area (TPSA) is 86.8 Å². The largest absolute Gasteiger partial charge is 0.354 e. The summed E-state index contributed by atoms with van der Waals surface area (Å²) in [4.78, 5) is 28.5. The fraction of sp³-hybridized carbons (Fsp3) is 0.355. The van der Waals surface area contributed by atoms with Crippen molar-refractivity contribution in [3.05, 3.63) is 94.5 Å². The summed E-state index contributed by atoms with van der Waals surface area (Å²) < 4.78 is 29.1. The number of nitrogens with zero attached hydrogens (tertiary/aromatic N) is 2. The molecule has 1 N–H and O–H groups in total. The number of carbonyl (C=O) groups excluding carboxylic acids is 2. The van der Waals surface area contributed by atoms with E-state index >= 15 is 0 Å². The van der Waals surface area contributed by atoms with E-state index in [4.69, 9.17) is 0 Å². The second-order valence-corrected chi connectivity index (χ2v) is 12.0. The van der Waals surface area contributed by atoms with Crippen LogP contribution in [0.2, 0.25) is 0 Å². The van der Waals surface area contributed by atoms with E-state index in [0.29, 0.717) is 12.2 Å². The van der Waals surface area contributed by atoms with E-state index in [1.165, 1.54) is 4.90 Å². The van der Waals surface area contributed by atoms with Crippen LogP contribution in [0.15, 0.2) is 71.6 Å². The monoisotopic (exact) mass is 549 g/mol. The standard InChI is InChI=1S/C31H39N3O4S/c1-7-17-32-31(36)26(6)33(20-27-10-8-9-23(3)19-27)30(35)21-34(29-16-13-24(4)18-25(29)5)39(37,38)28-14-11-22(2)12-15-28/h8-16,18-19,26H,7,17,20-21H2,1-6H3,(H,32,36)/t26-/m1/s1. The van der Waals surface area contributed by atoms with Gasteiger partial charge in [-0.3, -0.25) is 13.9 Å². The van der Waals surface area contributed by atoms with Crippen molar-refractivity contribution >= 4 is 27.5 Å². The van der Waals surface area contributed by atoms with E-state index in [1.54, 1.807) is 37.3 Å². The molecule has 0 aliphatic rings. The maximum atomic E-state index is 14.0. The molecule has 0 aliphatic carbocycles. The van der Waals surface area contributed by atoms with Crippen LogP contribution in [-0.4, -0.2) is 44.3 Å². The van der Waals surface area contributed by atoms with Crippen molar-refractivity contribution in [2.45, 2.75) is 65.4 Å². The van der Waals surface area contributed by atoms with Crippen LogP contribution in [0, 0.1) is 27.7 Å². The number of hydrogen-bond donors (Lipinski definition) is 1. The molecule has 3 rings (SSSR count). The molecule has 0 heterocycles. The highest BCUT2D eigenvalue weighted by Crippen LogP contribution is 2.28. The van der Waals surface area contributed by atoms with Gasteiger partial charge in [0, 0.05) is 13.1 Å². The molecular formula is C31H39N3O4S. The molecule has 7 nitrogen and oxygen atoms in total. The minimum Gasteiger partial charge on any atom is -0.354 e. The molecule has 0 aromatic heterocycles. The summed E-state index contributed by atoms with van der Waals surface area (Å²) in [5.74, 6) is -0.747. The molecule has 8 heteroatoms. The van der Waals surface area contributed by atoms with Gasteiger partial charge >= 0.3 is 0 Å². The SMILES string of the molecule is CCCNC(=O)[C@@H](C)N(Cc1cccc(C)c1)C(=O)CN(c1ccc(C)cc1C)S(=O)(=O)c1ccc(C)cc1. The van der Waals surface area contributed by atoms with E-state index < -0.39 is 28.5 Å². The number of carbonyl (C=O) groups is 2. The zero-order valence-electron chi connectivity index (χ0n) is 23.7. The van der Waals surface area contributed by atoms with Gasteiger partial charge in [0.2, 0.25) is 11.8 Å². The number of amides is 2. The van der Waals surface area contributed by atoms with Crippen molar-refractivity contribution in [3.63, 3.8) is 0 Å². The summed E-state index contributed by atoms with van der Waals surface area (Å²) >= 11 is 0. The molecule has 208 valence electrons. The predicted octanol–water partition coefficient (Wildman–Crippen LogP) is 5.06. The molecule has 1 atom stereocenters. The highest BCUT2D eigenvalue weighted by atomic mass is 32.2. The van der Waals surface area contributed by atoms with Crippen LogP contribution in [0.25, 0.3) is 0 Å². The predicted molar refractivity (Wildman–Crippen MR) is 156 cm³/mol. The van der Waals surface area contributed by atoms with E-state index in [9.17, 15) is 18.0 Å². The average Bonchev–Trinajstić information content (AvgIpc) is 2.89. The van der Waals surface area contributed by atoms with Gasteiger partial charge in [0.1, 0.15) is 12.6 Å². The Labute approximate surface area is 232 Å². The number of nitrogens with one attached hydrogen (secondary N) is 1. The second-order valence-electron chi connectivity index (χ2n) is 10.1. The van der Waals surface area contributed by atoms with Gasteiger partial charge in [-0.25, -0.2) is 8.42 Å². The lowest BCUT2D eigenvalue weighted by atomic mass is 10.1. The van der Waals surface area contributed by atoms with Gasteiger partial charge in [-0.15, -0.1) is 0 Å². The number of benzene rings is 3. The summed E-state index contributed by atoms with van der Waals surface area (Å²) in [6, 6.07) is 18.9. The molecule has 2 amide bonds. The van der Waals surface area contributed by atoms with Gasteiger partial charge in [0.25, 0.3) is 10.0 Å². The molecule has 3 aromatic carbocycles. The third-order valence-electron chi connectivity index (χ3n) is 6.66. The third-order valence-corrected chi connectivity index (χ3v) is 8.43. The molecule has 0 saturated heterocycles. The zero-order valence-corrected chi connectivity index (χ0v) is 24.5. The summed E-state index contributed by atoms with van der Waals surface area (Å²) in [6.45, 7) is 11.5. The van der Waals surface area contributed by atoms with E-state index in [2.05, 4.69) is 5.32 Å². The fourth-order valence-corrected chi connectivity index (χ4v) is 5.90. The quantitative estimate of drug-likeness (QED) is 0.362. The van der Waals surface area contributed by atoms with Crippen LogP contribution in [-0.2, 0) is 26.2 Å². The average molecular weight is 550 g/mol. The van der Waals surface area contributed by atoms with Crippen molar-refractivity contribution in [1.29, 1.82) is 0 Å². The Morgan fingerprint density at radius 2 is 1.51 bits per heavy atom. The normalized spacial score (nSPS) is 12.1. The second kappa shape index (κ2) is 12.9. The maximum absolute atomic E-state index is 14.0. The van der Waals surface area contributed by atoms with E-state index in [-0.39, 0.29) is 17.3 Å². The first kappa shape index (κ1) is 29.9. The van der Waals surface area contributed by atoms with Crippen LogP contribution < -0.4 is 9.62 Å². The summed E-state index contributed by atoms with van der Waals surface area (Å²) in [7, 11) is -4.09. The van der Waals surface area contributed by atoms with Crippen molar-refractivity contribution in [3.8, 4) is 0 Å². The van der Waals surface area contributed by atoms with Gasteiger partial charge in [-0.1, -0.05) is 72.1 Å². The Kier molecular flexibility index (Phi) is 9.92. The number of sulfonamides is 1. The summed E-state index contributed by atoms with van der Waals surface area (Å²) in [5, 5.41) is 2.86. The lowest BCUT2D eigenvalue weighted by Crippen LogP contribution is -2.51. The number of rotatable bonds is 11. The fourth-order valence-electron chi connectivity index (χ4n) is 4.42. The molecule has 0 fully saturated rings. The Balaban J connectivity index is 2.05. The molecule has 0 spiro atoms. The molecule has 0 unspecified atom stereocenters. The smallest absolute Gasteiger partial charge is 0.264 e. The maximum Gasteiger partial charge on any atom is 0.264 e. The first-order valence-electron chi connectivity index (χ1n) is 13.2. The number of aryl methyl sites for hydroxylation is 4. The Bertz CT molecular complexity index is 1420. The lowest BCUT2D eigenvalue weighted by Gasteiger charge is -2.32. The van der Waals surface area contributed by atoms with Crippen molar-refractivity contribution in [2.24, 2.45) is 0 Å². The number of anilines is 1. The minimum atomic E-state index is -4.09. The van der Waals surface area contributed by atoms with Crippen LogP contribution in [0.4, 0.5) is 5.69 Å². The molecule has 0 saturated carbocycles. The van der Waals surface area contributed by atoms with Crippen molar-refractivity contribution in [2.75, 3.05) is 17.4 Å². The van der Waals surface area contributed by atoms with E-state index in [0.717, 1.165) is 38.5 Å². The summed E-state index contributed by atoms with van der Waals surface area (Å²) in [6.07, 6.45) is 0.763. The first-order valence-corrected chi connectivity index (χ1v) is 14.7. The zero-order chi connectivity index (χ0) is 28.7. The van der Waals surface area contributed by atoms with Crippen molar-refractivity contribution < 1.29 is 18.0 Å². The molecule has 0 bridgehead atoms. The molecule has 39 heavy (non-hydrogen) atoms. The molecule has 0 radical (unpaired) electrons. The van der Waals surface area contributed by atoms with Gasteiger partial charge in [-0.05, 0) is 70.4 Å². The molecule has 0 aliphatic heterocycles. The van der Waals surface area contributed by atoms with Crippen LogP contribution in [0.3, 0.4) is 0 Å². The Morgan fingerprint density at radius 1 is 0.872 bits per heavy atom. The Hall–Kier alpha value is -3.65. The van der Waals surface area contributed by atoms with Crippen LogP contribution in [0.1, 0.15) is 48.1 Å². The third kappa shape index (κ3) is 7.47. The van der Waals surface area contributed by atoms with Gasteiger partial charge < -0.3 is 10.2 Å². The van der Waals surface area contributed by atoms with Crippen LogP contribution >= 0.6 is 0 Å². The van der Waals surface area contributed by atoms with Gasteiger partial charge in [-0.2, -0.15) is 0 Å². The molecular weight excluding hydrogens is 510 g/mol. The van der Waals surface area contributed by atoms with Gasteiger partial charge in [0.15, 0.2) is 0 Å². The first-order chi connectivity index (χ1) is 18.4.